The van der Waals surface area contributed by atoms with Gasteiger partial charge in [-0.05, 0) is 75.2 Å². The highest BCUT2D eigenvalue weighted by Crippen LogP contribution is 2.26. The number of sulfonamides is 1. The molecular weight excluding hydrogens is 638 g/mol. The highest BCUT2D eigenvalue weighted by molar-refractivity contribution is 9.10. The smallest absolute Gasteiger partial charge is 0.264 e. The number of hydrogen-bond donors (Lipinski definition) is 1. The minimum Gasteiger partial charge on any atom is -0.350 e. The van der Waals surface area contributed by atoms with Gasteiger partial charge in [0.15, 0.2) is 0 Å². The van der Waals surface area contributed by atoms with Crippen molar-refractivity contribution in [3.05, 3.63) is 130 Å². The number of nitrogens with zero attached hydrogens (tertiary/aromatic N) is 2. The van der Waals surface area contributed by atoms with E-state index < -0.39 is 34.1 Å². The molecule has 0 saturated carbocycles. The highest BCUT2D eigenvalue weighted by Gasteiger charge is 2.35. The van der Waals surface area contributed by atoms with E-state index in [0.29, 0.717) is 5.69 Å². The SMILES string of the molecule is Cc1ccc(N(CC(=O)N(Cc2cccc(Br)c2)C(Cc2ccccc2)C(=O)NC(C)(C)C)S(=O)(=O)c2ccccc2)cc1. The van der Waals surface area contributed by atoms with Gasteiger partial charge in [0.2, 0.25) is 11.8 Å². The Hall–Kier alpha value is -3.95. The van der Waals surface area contributed by atoms with E-state index in [1.165, 1.54) is 17.0 Å². The number of amides is 2. The molecule has 1 N–H and O–H groups in total. The van der Waals surface area contributed by atoms with Gasteiger partial charge < -0.3 is 10.2 Å². The van der Waals surface area contributed by atoms with Crippen molar-refractivity contribution in [2.75, 3.05) is 10.8 Å². The van der Waals surface area contributed by atoms with Crippen LogP contribution in [0.5, 0.6) is 0 Å². The number of hydrogen-bond acceptors (Lipinski definition) is 4. The molecule has 0 aliphatic rings. The molecule has 1 atom stereocenters. The molecule has 0 aromatic heterocycles. The predicted octanol–water partition coefficient (Wildman–Crippen LogP) is 6.51. The lowest BCUT2D eigenvalue weighted by atomic mass is 10.0. The molecule has 230 valence electrons. The van der Waals surface area contributed by atoms with Crippen molar-refractivity contribution in [3.63, 3.8) is 0 Å². The van der Waals surface area contributed by atoms with Crippen LogP contribution in [-0.4, -0.2) is 43.3 Å². The van der Waals surface area contributed by atoms with E-state index in [-0.39, 0.29) is 23.8 Å². The molecule has 44 heavy (non-hydrogen) atoms. The molecule has 2 amide bonds. The highest BCUT2D eigenvalue weighted by atomic mass is 79.9. The van der Waals surface area contributed by atoms with E-state index in [0.717, 1.165) is 25.5 Å². The Bertz CT molecular complexity index is 1670. The molecule has 0 bridgehead atoms. The third-order valence-electron chi connectivity index (χ3n) is 6.94. The third kappa shape index (κ3) is 8.80. The summed E-state index contributed by atoms with van der Waals surface area (Å²) in [5.74, 6) is -0.826. The maximum absolute atomic E-state index is 14.5. The van der Waals surface area contributed by atoms with E-state index in [2.05, 4.69) is 21.2 Å². The van der Waals surface area contributed by atoms with Crippen molar-refractivity contribution in [2.45, 2.75) is 57.1 Å². The lowest BCUT2D eigenvalue weighted by Gasteiger charge is -2.35. The Morgan fingerprint density at radius 2 is 1.41 bits per heavy atom. The zero-order chi connectivity index (χ0) is 31.9. The molecular formula is C35H38BrN3O4S. The van der Waals surface area contributed by atoms with Crippen LogP contribution in [0.1, 0.15) is 37.5 Å². The van der Waals surface area contributed by atoms with Crippen LogP contribution in [0.3, 0.4) is 0 Å². The molecule has 0 heterocycles. The lowest BCUT2D eigenvalue weighted by Crippen LogP contribution is -2.56. The van der Waals surface area contributed by atoms with E-state index in [1.54, 1.807) is 30.3 Å². The van der Waals surface area contributed by atoms with Crippen LogP contribution in [0.4, 0.5) is 5.69 Å². The quantitative estimate of drug-likeness (QED) is 0.196. The molecule has 0 fully saturated rings. The average molecular weight is 677 g/mol. The molecule has 7 nitrogen and oxygen atoms in total. The summed E-state index contributed by atoms with van der Waals surface area (Å²) >= 11 is 3.51. The van der Waals surface area contributed by atoms with Crippen LogP contribution in [-0.2, 0) is 32.6 Å². The molecule has 9 heteroatoms. The fourth-order valence-corrected chi connectivity index (χ4v) is 6.68. The van der Waals surface area contributed by atoms with Crippen molar-refractivity contribution in [2.24, 2.45) is 0 Å². The molecule has 0 aliphatic carbocycles. The topological polar surface area (TPSA) is 86.8 Å². The largest absolute Gasteiger partial charge is 0.350 e. The van der Waals surface area contributed by atoms with Crippen molar-refractivity contribution in [3.8, 4) is 0 Å². The van der Waals surface area contributed by atoms with Crippen LogP contribution in [0.2, 0.25) is 0 Å². The Labute approximate surface area is 269 Å². The number of rotatable bonds is 11. The second-order valence-corrected chi connectivity index (χ2v) is 14.5. The van der Waals surface area contributed by atoms with Crippen LogP contribution in [0, 0.1) is 6.92 Å². The molecule has 4 aromatic rings. The first-order valence-electron chi connectivity index (χ1n) is 14.4. The minimum atomic E-state index is -4.13. The first-order chi connectivity index (χ1) is 20.8. The molecule has 0 aliphatic heterocycles. The molecule has 4 rings (SSSR count). The van der Waals surface area contributed by atoms with Crippen LogP contribution in [0.15, 0.2) is 119 Å². The van der Waals surface area contributed by atoms with Crippen LogP contribution in [0.25, 0.3) is 0 Å². The number of halogens is 1. The Morgan fingerprint density at radius 1 is 0.818 bits per heavy atom. The monoisotopic (exact) mass is 675 g/mol. The number of benzene rings is 4. The second kappa shape index (κ2) is 14.2. The van der Waals surface area contributed by atoms with Gasteiger partial charge in [-0.3, -0.25) is 13.9 Å². The Morgan fingerprint density at radius 3 is 2.00 bits per heavy atom. The summed E-state index contributed by atoms with van der Waals surface area (Å²) in [6.45, 7) is 7.17. The first-order valence-corrected chi connectivity index (χ1v) is 16.6. The summed E-state index contributed by atoms with van der Waals surface area (Å²) < 4.78 is 30.0. The van der Waals surface area contributed by atoms with E-state index in [9.17, 15) is 18.0 Å². The molecule has 0 spiro atoms. The minimum absolute atomic E-state index is 0.0678. The zero-order valence-electron chi connectivity index (χ0n) is 25.4. The van der Waals surface area contributed by atoms with E-state index in [4.69, 9.17) is 0 Å². The fourth-order valence-electron chi connectivity index (χ4n) is 4.80. The predicted molar refractivity (Wildman–Crippen MR) is 179 cm³/mol. The van der Waals surface area contributed by atoms with Gasteiger partial charge in [-0.2, -0.15) is 0 Å². The standard InChI is InChI=1S/C35H38BrN3O4S/c1-26-18-20-30(21-19-26)39(44(42,43)31-16-9-6-10-17-31)25-33(40)38(24-28-14-11-15-29(36)22-28)32(34(41)37-35(2,3)4)23-27-12-7-5-8-13-27/h5-22,32H,23-25H2,1-4H3,(H,37,41). The van der Waals surface area contributed by atoms with Crippen molar-refractivity contribution in [1.29, 1.82) is 0 Å². The van der Waals surface area contributed by atoms with Crippen LogP contribution < -0.4 is 9.62 Å². The number of nitrogens with one attached hydrogen (secondary N) is 1. The number of carbonyl (C=O) groups is 2. The van der Waals surface area contributed by atoms with Gasteiger partial charge in [-0.1, -0.05) is 94.3 Å². The summed E-state index contributed by atoms with van der Waals surface area (Å²) in [5.41, 5.74) is 2.42. The summed E-state index contributed by atoms with van der Waals surface area (Å²) in [7, 11) is -4.13. The van der Waals surface area contributed by atoms with Crippen molar-refractivity contribution in [1.82, 2.24) is 10.2 Å². The van der Waals surface area contributed by atoms with E-state index >= 15 is 0 Å². The normalized spacial score (nSPS) is 12.3. The van der Waals surface area contributed by atoms with E-state index in [1.807, 2.05) is 94.4 Å². The summed E-state index contributed by atoms with van der Waals surface area (Å²) in [6, 6.07) is 31.1. The molecule has 1 unspecified atom stereocenters. The molecule has 4 aromatic carbocycles. The zero-order valence-corrected chi connectivity index (χ0v) is 27.8. The van der Waals surface area contributed by atoms with Crippen LogP contribution >= 0.6 is 15.9 Å². The Balaban J connectivity index is 1.81. The number of anilines is 1. The Kier molecular flexibility index (Phi) is 10.7. The number of aryl methyl sites for hydroxylation is 1. The van der Waals surface area contributed by atoms with Crippen molar-refractivity contribution < 1.29 is 18.0 Å². The van der Waals surface area contributed by atoms with Gasteiger partial charge in [0.1, 0.15) is 12.6 Å². The van der Waals surface area contributed by atoms with Gasteiger partial charge in [0.05, 0.1) is 10.6 Å². The second-order valence-electron chi connectivity index (χ2n) is 11.8. The first kappa shape index (κ1) is 33.0. The van der Waals surface area contributed by atoms with Gasteiger partial charge in [-0.15, -0.1) is 0 Å². The summed E-state index contributed by atoms with van der Waals surface area (Å²) in [6.07, 6.45) is 0.248. The maximum atomic E-state index is 14.5. The lowest BCUT2D eigenvalue weighted by molar-refractivity contribution is -0.140. The van der Waals surface area contributed by atoms with Gasteiger partial charge in [0, 0.05) is 23.0 Å². The average Bonchev–Trinajstić information content (AvgIpc) is 2.98. The molecule has 0 radical (unpaired) electrons. The third-order valence-corrected chi connectivity index (χ3v) is 9.22. The fraction of sp³-hybridized carbons (Fsp3) is 0.257. The van der Waals surface area contributed by atoms with Gasteiger partial charge in [0.25, 0.3) is 10.0 Å². The number of carbonyl (C=O) groups excluding carboxylic acids is 2. The summed E-state index contributed by atoms with van der Waals surface area (Å²) in [4.78, 5) is 30.0. The van der Waals surface area contributed by atoms with Gasteiger partial charge >= 0.3 is 0 Å². The maximum Gasteiger partial charge on any atom is 0.264 e. The van der Waals surface area contributed by atoms with Gasteiger partial charge in [-0.25, -0.2) is 8.42 Å². The van der Waals surface area contributed by atoms with Crippen molar-refractivity contribution >= 4 is 43.5 Å². The summed E-state index contributed by atoms with van der Waals surface area (Å²) in [5, 5.41) is 3.05. The molecule has 0 saturated heterocycles.